The number of anilines is 1. The summed E-state index contributed by atoms with van der Waals surface area (Å²) in [7, 11) is 0. The maximum atomic E-state index is 13.9. The third kappa shape index (κ3) is 4.55. The van der Waals surface area contributed by atoms with E-state index >= 15 is 0 Å². The van der Waals surface area contributed by atoms with Crippen molar-refractivity contribution in [3.63, 3.8) is 0 Å². The molecule has 1 aromatic heterocycles. The molecule has 0 saturated carbocycles. The van der Waals surface area contributed by atoms with Crippen LogP contribution in [0, 0.1) is 28.5 Å². The fourth-order valence-corrected chi connectivity index (χ4v) is 5.24. The van der Waals surface area contributed by atoms with Crippen LogP contribution in [0.3, 0.4) is 0 Å². The summed E-state index contributed by atoms with van der Waals surface area (Å²) in [4.78, 5) is 13.6. The van der Waals surface area contributed by atoms with Crippen molar-refractivity contribution in [3.8, 4) is 6.07 Å². The molecule has 1 atom stereocenters. The van der Waals surface area contributed by atoms with E-state index in [1.54, 1.807) is 6.07 Å². The van der Waals surface area contributed by atoms with E-state index in [0.717, 1.165) is 31.2 Å². The topological polar surface area (TPSA) is 52.9 Å². The summed E-state index contributed by atoms with van der Waals surface area (Å²) >= 11 is 7.47. The van der Waals surface area contributed by atoms with Crippen molar-refractivity contribution in [2.45, 2.75) is 46.5 Å². The molecule has 3 nitrogen and oxygen atoms in total. The average Bonchev–Trinajstić information content (AvgIpc) is 3.03. The highest BCUT2D eigenvalue weighted by Crippen LogP contribution is 2.45. The standard InChI is InChI=1S/C23H24ClFN2OS/c1-4-23(2,3)14-8-9-15-17(13-26)22(29-20(15)12-14)27-21(28)11-10-16-18(24)6-5-7-19(16)25/h5-7,10-11,14H,4,8-9,12H2,1-3H3,(H,27,28)/b11-10+/t14-/m0/s1. The zero-order valence-corrected chi connectivity index (χ0v) is 18.4. The first-order chi connectivity index (χ1) is 13.8. The van der Waals surface area contributed by atoms with Gasteiger partial charge in [0, 0.05) is 16.5 Å². The summed E-state index contributed by atoms with van der Waals surface area (Å²) in [5.41, 5.74) is 2.04. The van der Waals surface area contributed by atoms with Crippen molar-refractivity contribution in [3.05, 3.63) is 56.7 Å². The van der Waals surface area contributed by atoms with E-state index in [0.29, 0.717) is 16.5 Å². The van der Waals surface area contributed by atoms with Crippen LogP contribution in [-0.2, 0) is 17.6 Å². The van der Waals surface area contributed by atoms with Crippen LogP contribution >= 0.6 is 22.9 Å². The lowest BCUT2D eigenvalue weighted by Crippen LogP contribution is -2.28. The first kappa shape index (κ1) is 21.5. The molecular weight excluding hydrogens is 407 g/mol. The number of halogens is 2. The Balaban J connectivity index is 1.80. The quantitative estimate of drug-likeness (QED) is 0.543. The van der Waals surface area contributed by atoms with Gasteiger partial charge in [-0.2, -0.15) is 5.26 Å². The Morgan fingerprint density at radius 1 is 1.48 bits per heavy atom. The van der Waals surface area contributed by atoms with Gasteiger partial charge in [0.15, 0.2) is 0 Å². The molecule has 29 heavy (non-hydrogen) atoms. The van der Waals surface area contributed by atoms with E-state index in [-0.39, 0.29) is 16.0 Å². The number of benzene rings is 1. The molecule has 6 heteroatoms. The Hall–Kier alpha value is -2.16. The molecule has 2 aromatic rings. The third-order valence-corrected chi connectivity index (χ3v) is 7.53. The minimum absolute atomic E-state index is 0.167. The second kappa shape index (κ2) is 8.69. The molecule has 1 aliphatic carbocycles. The second-order valence-electron chi connectivity index (χ2n) is 8.06. The van der Waals surface area contributed by atoms with E-state index in [2.05, 4.69) is 32.2 Å². The van der Waals surface area contributed by atoms with Crippen molar-refractivity contribution < 1.29 is 9.18 Å². The molecule has 0 fully saturated rings. The fraction of sp³-hybridized carbons (Fsp3) is 0.391. The van der Waals surface area contributed by atoms with E-state index < -0.39 is 11.7 Å². The molecule has 1 amide bonds. The Bertz CT molecular complexity index is 983. The van der Waals surface area contributed by atoms with E-state index in [9.17, 15) is 14.4 Å². The highest BCUT2D eigenvalue weighted by molar-refractivity contribution is 7.16. The van der Waals surface area contributed by atoms with Gasteiger partial charge in [0.1, 0.15) is 16.9 Å². The first-order valence-corrected chi connectivity index (χ1v) is 10.9. The van der Waals surface area contributed by atoms with Gasteiger partial charge in [-0.3, -0.25) is 4.79 Å². The lowest BCUT2D eigenvalue weighted by Gasteiger charge is -2.36. The van der Waals surface area contributed by atoms with Crippen molar-refractivity contribution in [1.29, 1.82) is 5.26 Å². The molecule has 1 aliphatic rings. The summed E-state index contributed by atoms with van der Waals surface area (Å²) in [6, 6.07) is 6.63. The Morgan fingerprint density at radius 2 is 2.24 bits per heavy atom. The number of nitriles is 1. The lowest BCUT2D eigenvalue weighted by atomic mass is 9.69. The van der Waals surface area contributed by atoms with Crippen LogP contribution in [0.15, 0.2) is 24.3 Å². The molecule has 0 bridgehead atoms. The summed E-state index contributed by atoms with van der Waals surface area (Å²) in [6.45, 7) is 6.80. The number of nitrogens with zero attached hydrogens (tertiary/aromatic N) is 1. The highest BCUT2D eigenvalue weighted by Gasteiger charge is 2.34. The van der Waals surface area contributed by atoms with Gasteiger partial charge >= 0.3 is 0 Å². The van der Waals surface area contributed by atoms with Gasteiger partial charge in [-0.1, -0.05) is 44.9 Å². The fourth-order valence-electron chi connectivity index (χ4n) is 3.73. The SMILES string of the molecule is CCC(C)(C)[C@H]1CCc2c(sc(NC(=O)/C=C/c3c(F)cccc3Cl)c2C#N)C1. The molecule has 0 radical (unpaired) electrons. The number of thiophene rings is 1. The molecule has 1 heterocycles. The Kier molecular flexibility index (Phi) is 6.45. The number of rotatable bonds is 5. The summed E-state index contributed by atoms with van der Waals surface area (Å²) in [5, 5.41) is 13.3. The van der Waals surface area contributed by atoms with E-state index in [1.165, 1.54) is 40.5 Å². The monoisotopic (exact) mass is 430 g/mol. The first-order valence-electron chi connectivity index (χ1n) is 9.74. The van der Waals surface area contributed by atoms with Crippen LogP contribution < -0.4 is 5.32 Å². The van der Waals surface area contributed by atoms with Crippen LogP contribution in [0.2, 0.25) is 5.02 Å². The van der Waals surface area contributed by atoms with E-state index in [1.807, 2.05) is 0 Å². The smallest absolute Gasteiger partial charge is 0.249 e. The van der Waals surface area contributed by atoms with Crippen molar-refractivity contribution in [1.82, 2.24) is 0 Å². The second-order valence-corrected chi connectivity index (χ2v) is 9.57. The number of hydrogen-bond acceptors (Lipinski definition) is 3. The molecule has 0 saturated heterocycles. The minimum atomic E-state index is -0.490. The average molecular weight is 431 g/mol. The van der Waals surface area contributed by atoms with Crippen LogP contribution in [0.1, 0.15) is 55.2 Å². The lowest BCUT2D eigenvalue weighted by molar-refractivity contribution is -0.111. The van der Waals surface area contributed by atoms with Crippen LogP contribution in [-0.4, -0.2) is 5.91 Å². The largest absolute Gasteiger partial charge is 0.313 e. The Morgan fingerprint density at radius 3 is 2.90 bits per heavy atom. The van der Waals surface area contributed by atoms with Gasteiger partial charge in [-0.15, -0.1) is 11.3 Å². The summed E-state index contributed by atoms with van der Waals surface area (Å²) in [6.07, 6.45) is 6.56. The number of nitrogens with one attached hydrogen (secondary N) is 1. The number of fused-ring (bicyclic) bond motifs is 1. The predicted molar refractivity (Wildman–Crippen MR) is 118 cm³/mol. The molecular formula is C23H24ClFN2OS. The van der Waals surface area contributed by atoms with Crippen molar-refractivity contribution in [2.24, 2.45) is 11.3 Å². The van der Waals surface area contributed by atoms with Gasteiger partial charge in [-0.05, 0) is 54.4 Å². The number of carbonyl (C=O) groups is 1. The number of carbonyl (C=O) groups excluding carboxylic acids is 1. The zero-order chi connectivity index (χ0) is 21.2. The van der Waals surface area contributed by atoms with Gasteiger partial charge in [0.05, 0.1) is 10.6 Å². The predicted octanol–water partition coefficient (Wildman–Crippen LogP) is 6.61. The van der Waals surface area contributed by atoms with Crippen LogP contribution in [0.25, 0.3) is 6.08 Å². The number of amides is 1. The molecule has 1 aromatic carbocycles. The van der Waals surface area contributed by atoms with Gasteiger partial charge in [0.25, 0.3) is 0 Å². The summed E-state index contributed by atoms with van der Waals surface area (Å²) in [5.74, 6) is -0.336. The summed E-state index contributed by atoms with van der Waals surface area (Å²) < 4.78 is 13.9. The maximum absolute atomic E-state index is 13.9. The normalized spacial score (nSPS) is 16.5. The molecule has 1 N–H and O–H groups in total. The molecule has 152 valence electrons. The van der Waals surface area contributed by atoms with Gasteiger partial charge < -0.3 is 5.32 Å². The van der Waals surface area contributed by atoms with Gasteiger partial charge in [-0.25, -0.2) is 4.39 Å². The maximum Gasteiger partial charge on any atom is 0.249 e. The van der Waals surface area contributed by atoms with Crippen LogP contribution in [0.5, 0.6) is 0 Å². The van der Waals surface area contributed by atoms with E-state index in [4.69, 9.17) is 11.6 Å². The molecule has 0 unspecified atom stereocenters. The Labute approximate surface area is 180 Å². The zero-order valence-electron chi connectivity index (χ0n) is 16.8. The van der Waals surface area contributed by atoms with Crippen molar-refractivity contribution >= 4 is 39.9 Å². The minimum Gasteiger partial charge on any atom is -0.313 e. The highest BCUT2D eigenvalue weighted by atomic mass is 35.5. The van der Waals surface area contributed by atoms with Crippen LogP contribution in [0.4, 0.5) is 9.39 Å². The molecule has 3 rings (SSSR count). The third-order valence-electron chi connectivity index (χ3n) is 6.03. The molecule has 0 spiro atoms. The van der Waals surface area contributed by atoms with Crippen molar-refractivity contribution in [2.75, 3.05) is 5.32 Å². The number of hydrogen-bond donors (Lipinski definition) is 1. The molecule has 0 aliphatic heterocycles. The van der Waals surface area contributed by atoms with Gasteiger partial charge in [0.2, 0.25) is 5.91 Å².